The minimum Gasteiger partial charge on any atom is -0.352 e. The summed E-state index contributed by atoms with van der Waals surface area (Å²) in [6.07, 6.45) is 2.67. The van der Waals surface area contributed by atoms with Crippen molar-refractivity contribution in [1.82, 2.24) is 15.5 Å². The van der Waals surface area contributed by atoms with Crippen molar-refractivity contribution in [3.05, 3.63) is 35.9 Å². The Morgan fingerprint density at radius 3 is 2.63 bits per heavy atom. The molecule has 7 heteroatoms. The van der Waals surface area contributed by atoms with Crippen LogP contribution >= 0.6 is 0 Å². The molecular weight excluding hydrogens is 344 g/mol. The number of nitrogens with zero attached hydrogens (tertiary/aromatic N) is 1. The average molecular weight is 374 g/mol. The third-order valence-corrected chi connectivity index (χ3v) is 4.93. The van der Waals surface area contributed by atoms with Crippen LogP contribution in [0.25, 0.3) is 0 Å². The number of benzene rings is 1. The molecule has 148 valence electrons. The summed E-state index contributed by atoms with van der Waals surface area (Å²) >= 11 is 0. The van der Waals surface area contributed by atoms with E-state index in [1.807, 2.05) is 44.2 Å². The highest BCUT2D eigenvalue weighted by atomic mass is 16.2. The number of carbonyl (C=O) groups excluding carboxylic acids is 3. The molecule has 0 radical (unpaired) electrons. The van der Waals surface area contributed by atoms with Gasteiger partial charge in [0.25, 0.3) is 0 Å². The lowest BCUT2D eigenvalue weighted by molar-refractivity contribution is -0.139. The summed E-state index contributed by atoms with van der Waals surface area (Å²) in [5, 5.41) is 5.53. The number of hydrogen-bond acceptors (Lipinski definition) is 4. The number of rotatable bonds is 8. The van der Waals surface area contributed by atoms with Gasteiger partial charge in [0.05, 0.1) is 12.6 Å². The van der Waals surface area contributed by atoms with Crippen molar-refractivity contribution in [1.29, 1.82) is 0 Å². The molecule has 3 amide bonds. The molecule has 27 heavy (non-hydrogen) atoms. The lowest BCUT2D eigenvalue weighted by Gasteiger charge is -2.25. The fourth-order valence-electron chi connectivity index (χ4n) is 3.14. The fourth-order valence-corrected chi connectivity index (χ4v) is 3.14. The Labute approximate surface area is 160 Å². The average Bonchev–Trinajstić information content (AvgIpc) is 3.16. The third kappa shape index (κ3) is 6.06. The first-order chi connectivity index (χ1) is 12.9. The predicted molar refractivity (Wildman–Crippen MR) is 104 cm³/mol. The van der Waals surface area contributed by atoms with Crippen LogP contribution in [-0.4, -0.2) is 53.8 Å². The lowest BCUT2D eigenvalue weighted by atomic mass is 10.1. The molecule has 1 aromatic rings. The summed E-state index contributed by atoms with van der Waals surface area (Å²) < 4.78 is 0. The van der Waals surface area contributed by atoms with E-state index < -0.39 is 12.1 Å². The monoisotopic (exact) mass is 374 g/mol. The number of nitrogens with one attached hydrogen (secondary N) is 2. The van der Waals surface area contributed by atoms with Crippen LogP contribution in [0.1, 0.15) is 38.7 Å². The minimum atomic E-state index is -0.719. The van der Waals surface area contributed by atoms with Gasteiger partial charge in [-0.15, -0.1) is 0 Å². The van der Waals surface area contributed by atoms with Crippen molar-refractivity contribution in [2.24, 2.45) is 5.73 Å². The second-order valence-corrected chi connectivity index (χ2v) is 7.08. The molecule has 1 heterocycles. The summed E-state index contributed by atoms with van der Waals surface area (Å²) in [5.74, 6) is -0.744. The molecule has 1 aliphatic heterocycles. The Morgan fingerprint density at radius 1 is 1.26 bits per heavy atom. The van der Waals surface area contributed by atoms with Crippen LogP contribution in [0.5, 0.6) is 0 Å². The molecular formula is C20H30N4O3. The summed E-state index contributed by atoms with van der Waals surface area (Å²) in [4.78, 5) is 38.6. The highest BCUT2D eigenvalue weighted by Gasteiger charge is 2.34. The molecule has 2 unspecified atom stereocenters. The van der Waals surface area contributed by atoms with E-state index in [1.54, 1.807) is 4.90 Å². The number of likely N-dealkylation sites (tertiary alicyclic amines) is 1. The van der Waals surface area contributed by atoms with Crippen LogP contribution in [0.3, 0.4) is 0 Å². The van der Waals surface area contributed by atoms with E-state index in [4.69, 9.17) is 5.73 Å². The molecule has 7 nitrogen and oxygen atoms in total. The van der Waals surface area contributed by atoms with Crippen molar-refractivity contribution in [2.75, 3.05) is 13.1 Å². The van der Waals surface area contributed by atoms with Gasteiger partial charge >= 0.3 is 0 Å². The predicted octanol–water partition coefficient (Wildman–Crippen LogP) is 0.578. The van der Waals surface area contributed by atoms with E-state index >= 15 is 0 Å². The van der Waals surface area contributed by atoms with Gasteiger partial charge in [0.1, 0.15) is 6.04 Å². The minimum absolute atomic E-state index is 0.0748. The Morgan fingerprint density at radius 2 is 1.96 bits per heavy atom. The molecule has 2 rings (SSSR count). The normalized spacial score (nSPS) is 18.6. The van der Waals surface area contributed by atoms with E-state index in [1.165, 1.54) is 0 Å². The van der Waals surface area contributed by atoms with Crippen molar-refractivity contribution in [2.45, 2.75) is 57.7 Å². The van der Waals surface area contributed by atoms with Crippen LogP contribution < -0.4 is 16.4 Å². The van der Waals surface area contributed by atoms with Crippen LogP contribution in [-0.2, 0) is 20.8 Å². The van der Waals surface area contributed by atoms with E-state index in [2.05, 4.69) is 10.6 Å². The zero-order chi connectivity index (χ0) is 19.8. The van der Waals surface area contributed by atoms with Crippen molar-refractivity contribution in [3.63, 3.8) is 0 Å². The maximum atomic E-state index is 12.5. The second-order valence-electron chi connectivity index (χ2n) is 7.08. The number of hydrogen-bond donors (Lipinski definition) is 3. The fraction of sp³-hybridized carbons (Fsp3) is 0.550. The van der Waals surface area contributed by atoms with Crippen molar-refractivity contribution in [3.8, 4) is 0 Å². The SMILES string of the molecule is CCC(C)NC(=O)[C@@H]1CCCN1C(=O)CNC(=O)C(N)Cc1ccccc1. The van der Waals surface area contributed by atoms with Crippen molar-refractivity contribution < 1.29 is 14.4 Å². The molecule has 3 atom stereocenters. The van der Waals surface area contributed by atoms with Gasteiger partial charge in [-0.25, -0.2) is 0 Å². The highest BCUT2D eigenvalue weighted by molar-refractivity contribution is 5.91. The van der Waals surface area contributed by atoms with Crippen molar-refractivity contribution >= 4 is 17.7 Å². The van der Waals surface area contributed by atoms with Crippen LogP contribution in [0.15, 0.2) is 30.3 Å². The molecule has 1 aliphatic rings. The van der Waals surface area contributed by atoms with Gasteiger partial charge in [-0.1, -0.05) is 37.3 Å². The van der Waals surface area contributed by atoms with E-state index in [0.717, 1.165) is 18.4 Å². The molecule has 0 saturated carbocycles. The Balaban J connectivity index is 1.83. The smallest absolute Gasteiger partial charge is 0.243 e. The molecule has 0 aromatic heterocycles. The second kappa shape index (κ2) is 10.1. The molecule has 4 N–H and O–H groups in total. The van der Waals surface area contributed by atoms with Gasteiger partial charge in [0.2, 0.25) is 17.7 Å². The lowest BCUT2D eigenvalue weighted by Crippen LogP contribution is -2.51. The van der Waals surface area contributed by atoms with Crippen LogP contribution in [0, 0.1) is 0 Å². The van der Waals surface area contributed by atoms with Gasteiger partial charge in [-0.05, 0) is 38.2 Å². The third-order valence-electron chi connectivity index (χ3n) is 4.93. The standard InChI is InChI=1S/C20H30N4O3/c1-3-14(2)23-20(27)17-10-7-11-24(17)18(25)13-22-19(26)16(21)12-15-8-5-4-6-9-15/h4-6,8-9,14,16-17H,3,7,10-13,21H2,1-2H3,(H,22,26)(H,23,27)/t14?,16?,17-/m0/s1. The Hall–Kier alpha value is -2.41. The van der Waals surface area contributed by atoms with E-state index in [0.29, 0.717) is 19.4 Å². The largest absolute Gasteiger partial charge is 0.352 e. The molecule has 1 aromatic carbocycles. The summed E-state index contributed by atoms with van der Waals surface area (Å²) in [7, 11) is 0. The van der Waals surface area contributed by atoms with Crippen LogP contribution in [0.4, 0.5) is 0 Å². The van der Waals surface area contributed by atoms with Gasteiger partial charge in [0, 0.05) is 12.6 Å². The van der Waals surface area contributed by atoms with E-state index in [9.17, 15) is 14.4 Å². The Bertz CT molecular complexity index is 650. The zero-order valence-corrected chi connectivity index (χ0v) is 16.1. The first-order valence-corrected chi connectivity index (χ1v) is 9.59. The maximum absolute atomic E-state index is 12.5. The number of carbonyl (C=O) groups is 3. The van der Waals surface area contributed by atoms with Gasteiger partial charge in [0.15, 0.2) is 0 Å². The number of nitrogens with two attached hydrogens (primary N) is 1. The highest BCUT2D eigenvalue weighted by Crippen LogP contribution is 2.17. The summed E-state index contributed by atoms with van der Waals surface area (Å²) in [6, 6.07) is 8.39. The molecule has 0 spiro atoms. The maximum Gasteiger partial charge on any atom is 0.243 e. The summed E-state index contributed by atoms with van der Waals surface area (Å²) in [5.41, 5.74) is 6.90. The molecule has 0 aliphatic carbocycles. The zero-order valence-electron chi connectivity index (χ0n) is 16.1. The van der Waals surface area contributed by atoms with Crippen LogP contribution in [0.2, 0.25) is 0 Å². The Kier molecular flexibility index (Phi) is 7.79. The first-order valence-electron chi connectivity index (χ1n) is 9.59. The first kappa shape index (κ1) is 20.9. The van der Waals surface area contributed by atoms with Gasteiger partial charge < -0.3 is 21.3 Å². The summed E-state index contributed by atoms with van der Waals surface area (Å²) in [6.45, 7) is 4.32. The quantitative estimate of drug-likeness (QED) is 0.619. The van der Waals surface area contributed by atoms with Gasteiger partial charge in [-0.3, -0.25) is 14.4 Å². The topological polar surface area (TPSA) is 105 Å². The molecule has 0 bridgehead atoms. The number of amides is 3. The van der Waals surface area contributed by atoms with Gasteiger partial charge in [-0.2, -0.15) is 0 Å². The molecule has 1 saturated heterocycles. The molecule has 1 fully saturated rings. The van der Waals surface area contributed by atoms with E-state index in [-0.39, 0.29) is 30.3 Å².